The lowest BCUT2D eigenvalue weighted by molar-refractivity contribution is -0.113. The first-order valence-electron chi connectivity index (χ1n) is 9.94. The van der Waals surface area contributed by atoms with Gasteiger partial charge in [0.1, 0.15) is 5.75 Å². The summed E-state index contributed by atoms with van der Waals surface area (Å²) < 4.78 is 16.1. The van der Waals surface area contributed by atoms with Crippen LogP contribution >= 0.6 is 11.6 Å². The van der Waals surface area contributed by atoms with E-state index in [1.165, 1.54) is 0 Å². The maximum Gasteiger partial charge on any atom is 0.262 e. The zero-order chi connectivity index (χ0) is 22.7. The molecule has 6 heteroatoms. The summed E-state index contributed by atoms with van der Waals surface area (Å²) in [5.74, 6) is 1.75. The van der Waals surface area contributed by atoms with E-state index in [1.54, 1.807) is 26.2 Å². The van der Waals surface area contributed by atoms with E-state index in [0.29, 0.717) is 33.5 Å². The Kier molecular flexibility index (Phi) is 6.19. The number of carbonyl (C=O) groups excluding carboxylic acids is 1. The summed E-state index contributed by atoms with van der Waals surface area (Å²) in [6, 6.07) is 20.4. The fraction of sp³-hybridized carbons (Fsp3) is 0.115. The molecule has 3 aromatic carbocycles. The molecule has 0 saturated heterocycles. The number of carbonyl (C=O) groups is 1. The Morgan fingerprint density at radius 2 is 1.59 bits per heavy atom. The lowest BCUT2D eigenvalue weighted by Crippen LogP contribution is -2.24. The van der Waals surface area contributed by atoms with Crippen LogP contribution in [0.3, 0.4) is 0 Å². The van der Waals surface area contributed by atoms with Crippen molar-refractivity contribution in [1.82, 2.24) is 0 Å². The van der Waals surface area contributed by atoms with E-state index >= 15 is 0 Å². The Hall–Kier alpha value is -3.70. The predicted octanol–water partition coefficient (Wildman–Crippen LogP) is 5.84. The van der Waals surface area contributed by atoms with Crippen LogP contribution in [0.5, 0.6) is 17.2 Å². The third kappa shape index (κ3) is 4.20. The summed E-state index contributed by atoms with van der Waals surface area (Å²) in [6.45, 7) is 0. The summed E-state index contributed by atoms with van der Waals surface area (Å²) in [7, 11) is 4.77. The molecule has 0 unspecified atom stereocenters. The second-order valence-electron chi connectivity index (χ2n) is 7.09. The van der Waals surface area contributed by atoms with E-state index in [2.05, 4.69) is 0 Å². The third-order valence-electron chi connectivity index (χ3n) is 5.16. The fourth-order valence-electron chi connectivity index (χ4n) is 3.58. The number of benzene rings is 3. The molecule has 3 aromatic rings. The highest BCUT2D eigenvalue weighted by Crippen LogP contribution is 2.37. The molecule has 0 fully saturated rings. The van der Waals surface area contributed by atoms with Gasteiger partial charge in [0.15, 0.2) is 11.5 Å². The quantitative estimate of drug-likeness (QED) is 0.445. The SMILES string of the molecule is COc1cccc(N2C(=O)/C(=C/c3ccc(OC)c(OC)c3)C=C2c2ccc(Cl)cc2)c1. The monoisotopic (exact) mass is 447 g/mol. The summed E-state index contributed by atoms with van der Waals surface area (Å²) >= 11 is 6.08. The van der Waals surface area contributed by atoms with E-state index in [9.17, 15) is 4.79 Å². The smallest absolute Gasteiger partial charge is 0.262 e. The zero-order valence-corrected chi connectivity index (χ0v) is 18.7. The van der Waals surface area contributed by atoms with Gasteiger partial charge < -0.3 is 14.2 Å². The van der Waals surface area contributed by atoms with Crippen molar-refractivity contribution in [1.29, 1.82) is 0 Å². The van der Waals surface area contributed by atoms with Crippen LogP contribution in [-0.4, -0.2) is 27.2 Å². The Morgan fingerprint density at radius 1 is 0.844 bits per heavy atom. The van der Waals surface area contributed by atoms with Crippen LogP contribution in [-0.2, 0) is 4.79 Å². The Labute approximate surface area is 192 Å². The van der Waals surface area contributed by atoms with Crippen LogP contribution in [0.25, 0.3) is 11.8 Å². The van der Waals surface area contributed by atoms with Gasteiger partial charge in [-0.15, -0.1) is 0 Å². The van der Waals surface area contributed by atoms with Crippen molar-refractivity contribution in [3.63, 3.8) is 0 Å². The van der Waals surface area contributed by atoms with Crippen LogP contribution < -0.4 is 19.1 Å². The molecule has 4 rings (SSSR count). The summed E-state index contributed by atoms with van der Waals surface area (Å²) in [5, 5.41) is 0.632. The molecule has 1 heterocycles. The number of amides is 1. The van der Waals surface area contributed by atoms with Gasteiger partial charge in [0.25, 0.3) is 5.91 Å². The summed E-state index contributed by atoms with van der Waals surface area (Å²) in [4.78, 5) is 15.2. The third-order valence-corrected chi connectivity index (χ3v) is 5.42. The normalized spacial score (nSPS) is 14.5. The van der Waals surface area contributed by atoms with Crippen molar-refractivity contribution < 1.29 is 19.0 Å². The molecule has 0 saturated carbocycles. The fourth-order valence-corrected chi connectivity index (χ4v) is 3.70. The highest BCUT2D eigenvalue weighted by Gasteiger charge is 2.30. The standard InChI is InChI=1S/C26H22ClNO4/c1-30-22-6-4-5-21(16-22)28-23(18-8-10-20(27)11-9-18)15-19(26(28)29)13-17-7-12-24(31-2)25(14-17)32-3/h4-16H,1-3H3/b19-13+. The van der Waals surface area contributed by atoms with Crippen LogP contribution in [0.4, 0.5) is 5.69 Å². The largest absolute Gasteiger partial charge is 0.497 e. The number of ether oxygens (including phenoxy) is 3. The van der Waals surface area contributed by atoms with Crippen molar-refractivity contribution in [2.45, 2.75) is 0 Å². The van der Waals surface area contributed by atoms with Gasteiger partial charge in [-0.25, -0.2) is 0 Å². The van der Waals surface area contributed by atoms with Gasteiger partial charge >= 0.3 is 0 Å². The van der Waals surface area contributed by atoms with Crippen molar-refractivity contribution >= 4 is 35.0 Å². The van der Waals surface area contributed by atoms with Gasteiger partial charge in [-0.05, 0) is 59.7 Å². The van der Waals surface area contributed by atoms with Crippen LogP contribution in [0.15, 0.2) is 78.4 Å². The zero-order valence-electron chi connectivity index (χ0n) is 18.0. The van der Waals surface area contributed by atoms with Crippen molar-refractivity contribution in [3.05, 3.63) is 94.5 Å². The number of nitrogens with zero attached hydrogens (tertiary/aromatic N) is 1. The van der Waals surface area contributed by atoms with Crippen molar-refractivity contribution in [2.75, 3.05) is 26.2 Å². The maximum absolute atomic E-state index is 13.5. The van der Waals surface area contributed by atoms with Gasteiger partial charge in [-0.1, -0.05) is 35.9 Å². The predicted molar refractivity (Wildman–Crippen MR) is 127 cm³/mol. The van der Waals surface area contributed by atoms with Crippen molar-refractivity contribution in [2.24, 2.45) is 0 Å². The average molecular weight is 448 g/mol. The van der Waals surface area contributed by atoms with Crippen LogP contribution in [0.2, 0.25) is 5.02 Å². The molecule has 0 spiro atoms. The Morgan fingerprint density at radius 3 is 2.28 bits per heavy atom. The molecule has 0 bridgehead atoms. The molecule has 162 valence electrons. The van der Waals surface area contributed by atoms with E-state index in [4.69, 9.17) is 25.8 Å². The first-order valence-corrected chi connectivity index (χ1v) is 10.3. The van der Waals surface area contributed by atoms with E-state index in [0.717, 1.165) is 16.8 Å². The highest BCUT2D eigenvalue weighted by molar-refractivity contribution is 6.30. The first kappa shape index (κ1) is 21.5. The Balaban J connectivity index is 1.81. The summed E-state index contributed by atoms with van der Waals surface area (Å²) in [6.07, 6.45) is 3.71. The minimum Gasteiger partial charge on any atom is -0.497 e. The minimum absolute atomic E-state index is 0.141. The number of methoxy groups -OCH3 is 3. The van der Waals surface area contributed by atoms with Gasteiger partial charge in [0.05, 0.1) is 32.7 Å². The first-order chi connectivity index (χ1) is 15.5. The van der Waals surface area contributed by atoms with Gasteiger partial charge in [-0.3, -0.25) is 9.69 Å². The lowest BCUT2D eigenvalue weighted by Gasteiger charge is -2.21. The van der Waals surface area contributed by atoms with Gasteiger partial charge in [0, 0.05) is 16.7 Å². The van der Waals surface area contributed by atoms with Gasteiger partial charge in [-0.2, -0.15) is 0 Å². The summed E-state index contributed by atoms with van der Waals surface area (Å²) in [5.41, 5.74) is 3.72. The second-order valence-corrected chi connectivity index (χ2v) is 7.53. The van der Waals surface area contributed by atoms with Crippen LogP contribution in [0, 0.1) is 0 Å². The minimum atomic E-state index is -0.141. The number of halogens is 1. The number of hydrogen-bond donors (Lipinski definition) is 0. The molecule has 0 radical (unpaired) electrons. The molecular formula is C26H22ClNO4. The Bertz CT molecular complexity index is 1210. The second kappa shape index (κ2) is 9.20. The molecule has 1 aliphatic heterocycles. The van der Waals surface area contributed by atoms with Gasteiger partial charge in [0.2, 0.25) is 0 Å². The molecule has 0 atom stereocenters. The number of anilines is 1. The average Bonchev–Trinajstić information content (AvgIpc) is 3.15. The van der Waals surface area contributed by atoms with E-state index < -0.39 is 0 Å². The maximum atomic E-state index is 13.5. The molecule has 0 aliphatic carbocycles. The molecular weight excluding hydrogens is 426 g/mol. The number of hydrogen-bond acceptors (Lipinski definition) is 4. The van der Waals surface area contributed by atoms with E-state index in [-0.39, 0.29) is 5.91 Å². The number of rotatable bonds is 6. The highest BCUT2D eigenvalue weighted by atomic mass is 35.5. The molecule has 32 heavy (non-hydrogen) atoms. The van der Waals surface area contributed by atoms with Crippen molar-refractivity contribution in [3.8, 4) is 17.2 Å². The lowest BCUT2D eigenvalue weighted by atomic mass is 10.1. The van der Waals surface area contributed by atoms with E-state index in [1.807, 2.05) is 78.9 Å². The van der Waals surface area contributed by atoms with Crippen LogP contribution in [0.1, 0.15) is 11.1 Å². The molecule has 1 amide bonds. The molecule has 1 aliphatic rings. The topological polar surface area (TPSA) is 48.0 Å². The molecule has 0 aromatic heterocycles. The molecule has 5 nitrogen and oxygen atoms in total. The molecule has 0 N–H and O–H groups in total.